The molecule has 0 unspecified atom stereocenters. The second-order valence-corrected chi connectivity index (χ2v) is 5.94. The standard InChI is InChI=1S/C12H13ClN2O2S/c1-12(2,3)17-9(16)5-4-8-10(13)14-11-15(8)6-7-18-11/h4-7H,1-3H3. The molecule has 0 bridgehead atoms. The second-order valence-electron chi connectivity index (χ2n) is 4.71. The summed E-state index contributed by atoms with van der Waals surface area (Å²) < 4.78 is 7.00. The van der Waals surface area contributed by atoms with Gasteiger partial charge in [0.05, 0.1) is 5.69 Å². The molecule has 4 nitrogen and oxygen atoms in total. The molecule has 18 heavy (non-hydrogen) atoms. The van der Waals surface area contributed by atoms with Crippen LogP contribution in [0.3, 0.4) is 0 Å². The lowest BCUT2D eigenvalue weighted by atomic mass is 10.2. The Morgan fingerprint density at radius 3 is 2.94 bits per heavy atom. The SMILES string of the molecule is CC(C)(C)OC(=O)C=Cc1c(Cl)nc2sccn12. The van der Waals surface area contributed by atoms with Gasteiger partial charge in [-0.3, -0.25) is 4.40 Å². The van der Waals surface area contributed by atoms with E-state index >= 15 is 0 Å². The summed E-state index contributed by atoms with van der Waals surface area (Å²) >= 11 is 7.48. The van der Waals surface area contributed by atoms with Gasteiger partial charge in [0.1, 0.15) is 5.60 Å². The lowest BCUT2D eigenvalue weighted by molar-refractivity contribution is -0.148. The number of halogens is 1. The van der Waals surface area contributed by atoms with E-state index in [1.54, 1.807) is 6.08 Å². The largest absolute Gasteiger partial charge is 0.457 e. The lowest BCUT2D eigenvalue weighted by Gasteiger charge is -2.17. The Labute approximate surface area is 114 Å². The predicted octanol–water partition coefficient (Wildman–Crippen LogP) is 3.40. The van der Waals surface area contributed by atoms with E-state index in [-0.39, 0.29) is 0 Å². The molecule has 0 spiro atoms. The highest BCUT2D eigenvalue weighted by molar-refractivity contribution is 7.15. The Balaban J connectivity index is 2.20. The molecule has 2 rings (SSSR count). The predicted molar refractivity (Wildman–Crippen MR) is 73.0 cm³/mol. The first-order valence-corrected chi connectivity index (χ1v) is 6.65. The highest BCUT2D eigenvalue weighted by Crippen LogP contribution is 2.22. The van der Waals surface area contributed by atoms with Crippen LogP contribution in [0, 0.1) is 0 Å². The minimum absolute atomic E-state index is 0.377. The molecule has 0 aliphatic heterocycles. The summed E-state index contributed by atoms with van der Waals surface area (Å²) in [5.41, 5.74) is 0.180. The number of aromatic nitrogens is 2. The molecule has 0 saturated heterocycles. The first-order chi connectivity index (χ1) is 8.37. The zero-order valence-electron chi connectivity index (χ0n) is 10.3. The molecule has 0 atom stereocenters. The summed E-state index contributed by atoms with van der Waals surface area (Å²) in [6.45, 7) is 5.46. The van der Waals surface area contributed by atoms with Gasteiger partial charge in [-0.2, -0.15) is 0 Å². The van der Waals surface area contributed by atoms with Crippen molar-refractivity contribution in [3.8, 4) is 0 Å². The number of fused-ring (bicyclic) bond motifs is 1. The van der Waals surface area contributed by atoms with Crippen molar-refractivity contribution >= 4 is 39.9 Å². The van der Waals surface area contributed by atoms with Crippen LogP contribution in [0.25, 0.3) is 11.0 Å². The van der Waals surface area contributed by atoms with Crippen LogP contribution in [-0.2, 0) is 9.53 Å². The van der Waals surface area contributed by atoms with Crippen LogP contribution in [0.4, 0.5) is 0 Å². The zero-order valence-corrected chi connectivity index (χ0v) is 11.9. The van der Waals surface area contributed by atoms with Gasteiger partial charge in [-0.25, -0.2) is 9.78 Å². The van der Waals surface area contributed by atoms with Gasteiger partial charge in [-0.05, 0) is 26.8 Å². The second kappa shape index (κ2) is 4.74. The van der Waals surface area contributed by atoms with Gasteiger partial charge in [0.15, 0.2) is 10.1 Å². The number of carbonyl (C=O) groups excluding carboxylic acids is 1. The van der Waals surface area contributed by atoms with E-state index in [1.165, 1.54) is 17.4 Å². The Hall–Kier alpha value is -1.33. The van der Waals surface area contributed by atoms with Crippen LogP contribution in [0.15, 0.2) is 17.7 Å². The minimum atomic E-state index is -0.500. The van der Waals surface area contributed by atoms with Crippen LogP contribution < -0.4 is 0 Å². The van der Waals surface area contributed by atoms with Crippen molar-refractivity contribution in [3.63, 3.8) is 0 Å². The number of esters is 1. The quantitative estimate of drug-likeness (QED) is 0.627. The van der Waals surface area contributed by atoms with Gasteiger partial charge < -0.3 is 4.74 Å². The highest BCUT2D eigenvalue weighted by atomic mass is 35.5. The average Bonchev–Trinajstić information content (AvgIpc) is 2.72. The topological polar surface area (TPSA) is 43.6 Å². The molecular formula is C12H13ClN2O2S. The van der Waals surface area contributed by atoms with E-state index < -0.39 is 11.6 Å². The van der Waals surface area contributed by atoms with Gasteiger partial charge >= 0.3 is 5.97 Å². The number of ether oxygens (including phenoxy) is 1. The Kier molecular flexibility index (Phi) is 3.45. The summed E-state index contributed by atoms with van der Waals surface area (Å²) in [7, 11) is 0. The molecule has 0 amide bonds. The summed E-state index contributed by atoms with van der Waals surface area (Å²) in [5, 5.41) is 2.28. The number of nitrogens with zero attached hydrogens (tertiary/aromatic N) is 2. The van der Waals surface area contributed by atoms with E-state index in [0.717, 1.165) is 4.96 Å². The van der Waals surface area contributed by atoms with Gasteiger partial charge in [0.25, 0.3) is 0 Å². The molecule has 2 heterocycles. The number of imidazole rings is 1. The molecule has 0 aromatic carbocycles. The molecule has 0 N–H and O–H groups in total. The number of thiazole rings is 1. The van der Waals surface area contributed by atoms with Crippen molar-refractivity contribution in [1.29, 1.82) is 0 Å². The maximum absolute atomic E-state index is 11.6. The summed E-state index contributed by atoms with van der Waals surface area (Å²) in [4.78, 5) is 16.5. The van der Waals surface area contributed by atoms with Gasteiger partial charge in [-0.15, -0.1) is 11.3 Å². The first kappa shape index (κ1) is 13.1. The molecule has 0 fully saturated rings. The fourth-order valence-corrected chi connectivity index (χ4v) is 2.41. The molecule has 0 radical (unpaired) electrons. The van der Waals surface area contributed by atoms with Crippen LogP contribution in [0.2, 0.25) is 5.15 Å². The third kappa shape index (κ3) is 2.91. The fraction of sp³-hybridized carbons (Fsp3) is 0.333. The molecule has 2 aromatic heterocycles. The summed E-state index contributed by atoms with van der Waals surface area (Å²) in [6.07, 6.45) is 4.83. The molecule has 96 valence electrons. The first-order valence-electron chi connectivity index (χ1n) is 5.39. The van der Waals surface area contributed by atoms with Gasteiger partial charge in [-0.1, -0.05) is 11.6 Å². The van der Waals surface area contributed by atoms with Crippen LogP contribution >= 0.6 is 22.9 Å². The Morgan fingerprint density at radius 1 is 1.56 bits per heavy atom. The third-order valence-electron chi connectivity index (χ3n) is 2.04. The van der Waals surface area contributed by atoms with E-state index in [1.807, 2.05) is 36.7 Å². The van der Waals surface area contributed by atoms with Crippen LogP contribution in [0.1, 0.15) is 26.5 Å². The van der Waals surface area contributed by atoms with E-state index in [4.69, 9.17) is 16.3 Å². The van der Waals surface area contributed by atoms with E-state index in [2.05, 4.69) is 4.98 Å². The maximum Gasteiger partial charge on any atom is 0.331 e. The van der Waals surface area contributed by atoms with Crippen molar-refractivity contribution in [2.45, 2.75) is 26.4 Å². The molecule has 2 aromatic rings. The Morgan fingerprint density at radius 2 is 2.28 bits per heavy atom. The number of rotatable bonds is 2. The van der Waals surface area contributed by atoms with Crippen molar-refractivity contribution in [1.82, 2.24) is 9.38 Å². The van der Waals surface area contributed by atoms with Crippen molar-refractivity contribution in [2.75, 3.05) is 0 Å². The van der Waals surface area contributed by atoms with Crippen molar-refractivity contribution in [2.24, 2.45) is 0 Å². The number of hydrogen-bond acceptors (Lipinski definition) is 4. The van der Waals surface area contributed by atoms with E-state index in [9.17, 15) is 4.79 Å². The average molecular weight is 285 g/mol. The zero-order chi connectivity index (χ0) is 13.3. The van der Waals surface area contributed by atoms with Crippen LogP contribution in [-0.4, -0.2) is 21.0 Å². The smallest absolute Gasteiger partial charge is 0.331 e. The summed E-state index contributed by atoms with van der Waals surface area (Å²) in [5.74, 6) is -0.399. The van der Waals surface area contributed by atoms with Gasteiger partial charge in [0.2, 0.25) is 0 Å². The highest BCUT2D eigenvalue weighted by Gasteiger charge is 2.14. The molecule has 0 aliphatic rings. The molecule has 6 heteroatoms. The van der Waals surface area contributed by atoms with Gasteiger partial charge in [0, 0.05) is 17.7 Å². The summed E-state index contributed by atoms with van der Waals surface area (Å²) in [6, 6.07) is 0. The monoisotopic (exact) mass is 284 g/mol. The minimum Gasteiger partial charge on any atom is -0.457 e. The molecule has 0 saturated carbocycles. The molecule has 0 aliphatic carbocycles. The fourth-order valence-electron chi connectivity index (χ4n) is 1.41. The third-order valence-corrected chi connectivity index (χ3v) is 3.07. The Bertz CT molecular complexity index is 607. The number of carbonyl (C=O) groups is 1. The van der Waals surface area contributed by atoms with Crippen molar-refractivity contribution in [3.05, 3.63) is 28.5 Å². The van der Waals surface area contributed by atoms with E-state index in [0.29, 0.717) is 10.8 Å². The number of hydrogen-bond donors (Lipinski definition) is 0. The van der Waals surface area contributed by atoms with Crippen molar-refractivity contribution < 1.29 is 9.53 Å². The molecular weight excluding hydrogens is 272 g/mol. The normalized spacial score (nSPS) is 12.4. The lowest BCUT2D eigenvalue weighted by Crippen LogP contribution is -2.22. The maximum atomic E-state index is 11.6. The van der Waals surface area contributed by atoms with Crippen LogP contribution in [0.5, 0.6) is 0 Å².